The summed E-state index contributed by atoms with van der Waals surface area (Å²) in [6.45, 7) is 4.62. The van der Waals surface area contributed by atoms with E-state index in [9.17, 15) is 0 Å². The molecule has 0 saturated carbocycles. The summed E-state index contributed by atoms with van der Waals surface area (Å²) < 4.78 is 31.0. The van der Waals surface area contributed by atoms with E-state index in [-0.39, 0.29) is 0 Å². The first-order valence-electron chi connectivity index (χ1n) is 5.19. The average molecular weight is 254 g/mol. The number of ether oxygens (including phenoxy) is 2. The van der Waals surface area contributed by atoms with Gasteiger partial charge >= 0.3 is 9.05 Å². The van der Waals surface area contributed by atoms with Crippen LogP contribution in [0.3, 0.4) is 0 Å². The van der Waals surface area contributed by atoms with Crippen molar-refractivity contribution in [2.45, 2.75) is 6.92 Å². The van der Waals surface area contributed by atoms with Crippen LogP contribution in [0.2, 0.25) is 0 Å². The van der Waals surface area contributed by atoms with Gasteiger partial charge in [0, 0.05) is 27.9 Å². The zero-order valence-electron chi connectivity index (χ0n) is 10.5. The normalized spacial score (nSPS) is 12.0. The molecule has 0 heterocycles. The van der Waals surface area contributed by atoms with Crippen LogP contribution in [0.1, 0.15) is 6.92 Å². The van der Waals surface area contributed by atoms with Crippen LogP contribution >= 0.6 is 0 Å². The second-order valence-electron chi connectivity index (χ2n) is 2.77. The van der Waals surface area contributed by atoms with Crippen molar-refractivity contribution in [3.8, 4) is 0 Å². The summed E-state index contributed by atoms with van der Waals surface area (Å²) in [5.74, 6) is 0. The minimum Gasteiger partial charge on any atom is -0.379 e. The Morgan fingerprint density at radius 1 is 0.750 bits per heavy atom. The topological polar surface area (TPSA) is 55.4 Å². The summed E-state index contributed by atoms with van der Waals surface area (Å²) in [5.41, 5.74) is 0. The second kappa shape index (κ2) is 10.2. The third-order valence-corrected chi connectivity index (χ3v) is 3.89. The van der Waals surface area contributed by atoms with Gasteiger partial charge < -0.3 is 27.2 Å². The fourth-order valence-electron chi connectivity index (χ4n) is 1.02. The molecule has 0 spiro atoms. The van der Waals surface area contributed by atoms with Gasteiger partial charge in [-0.05, 0) is 6.92 Å². The third-order valence-electron chi connectivity index (χ3n) is 1.83. The van der Waals surface area contributed by atoms with Crippen LogP contribution in [0.4, 0.5) is 0 Å². The summed E-state index contributed by atoms with van der Waals surface area (Å²) in [4.78, 5) is 0. The lowest BCUT2D eigenvalue weighted by atomic mass is 10.7. The van der Waals surface area contributed by atoms with Crippen molar-refractivity contribution in [3.05, 3.63) is 0 Å². The minimum atomic E-state index is -2.90. The molecule has 0 radical (unpaired) electrons. The molecule has 7 heteroatoms. The summed E-state index contributed by atoms with van der Waals surface area (Å²) in [5, 5.41) is 0. The molecule has 98 valence electrons. The standard InChI is InChI=1S/C9H22O6Si/c1-5-13-6-7-14-8-9-15-16(10-2,11-3)12-4/h5-9H2,1-4H3. The second-order valence-corrected chi connectivity index (χ2v) is 5.28. The van der Waals surface area contributed by atoms with Crippen molar-refractivity contribution >= 4 is 9.05 Å². The molecule has 0 aliphatic rings. The van der Waals surface area contributed by atoms with Crippen LogP contribution in [-0.4, -0.2) is 63.4 Å². The van der Waals surface area contributed by atoms with E-state index in [1.165, 1.54) is 21.3 Å². The van der Waals surface area contributed by atoms with Crippen molar-refractivity contribution in [2.24, 2.45) is 0 Å². The molecule has 0 N–H and O–H groups in total. The number of hydrogen-bond donors (Lipinski definition) is 0. The quantitative estimate of drug-likeness (QED) is 0.394. The third kappa shape index (κ3) is 6.54. The Labute approximate surface area is 98.2 Å². The lowest BCUT2D eigenvalue weighted by Crippen LogP contribution is -2.47. The van der Waals surface area contributed by atoms with Gasteiger partial charge in [-0.3, -0.25) is 0 Å². The molecule has 0 aromatic rings. The van der Waals surface area contributed by atoms with E-state index in [0.29, 0.717) is 33.0 Å². The fourth-order valence-corrected chi connectivity index (χ4v) is 2.20. The van der Waals surface area contributed by atoms with Gasteiger partial charge in [-0.2, -0.15) is 0 Å². The summed E-state index contributed by atoms with van der Waals surface area (Å²) in [7, 11) is 1.58. The maximum absolute atomic E-state index is 5.39. The lowest BCUT2D eigenvalue weighted by molar-refractivity contribution is -0.0185. The van der Waals surface area contributed by atoms with Crippen LogP contribution in [0.25, 0.3) is 0 Å². The number of hydrogen-bond acceptors (Lipinski definition) is 6. The predicted octanol–water partition coefficient (Wildman–Crippen LogP) is 0.431. The SMILES string of the molecule is CCOCCOCCO[Si](OC)(OC)OC. The van der Waals surface area contributed by atoms with Crippen LogP contribution in [0.15, 0.2) is 0 Å². The molecule has 0 bridgehead atoms. The van der Waals surface area contributed by atoms with Gasteiger partial charge in [-0.15, -0.1) is 0 Å². The van der Waals surface area contributed by atoms with Crippen LogP contribution in [-0.2, 0) is 27.2 Å². The molecule has 0 aromatic heterocycles. The summed E-state index contributed by atoms with van der Waals surface area (Å²) in [6.07, 6.45) is 0. The lowest BCUT2D eigenvalue weighted by Gasteiger charge is -2.22. The Morgan fingerprint density at radius 3 is 1.75 bits per heavy atom. The molecule has 0 rings (SSSR count). The first kappa shape index (κ1) is 16.0. The monoisotopic (exact) mass is 254 g/mol. The van der Waals surface area contributed by atoms with Gasteiger partial charge in [-0.1, -0.05) is 0 Å². The zero-order valence-corrected chi connectivity index (χ0v) is 11.5. The molecular formula is C9H22O6Si. The summed E-state index contributed by atoms with van der Waals surface area (Å²) >= 11 is 0. The summed E-state index contributed by atoms with van der Waals surface area (Å²) in [6, 6.07) is 0. The molecule has 0 amide bonds. The molecule has 6 nitrogen and oxygen atoms in total. The predicted molar refractivity (Wildman–Crippen MR) is 60.0 cm³/mol. The highest BCUT2D eigenvalue weighted by Gasteiger charge is 2.41. The Balaban J connectivity index is 3.48. The minimum absolute atomic E-state index is 0.369. The first-order chi connectivity index (χ1) is 7.74. The molecule has 0 atom stereocenters. The van der Waals surface area contributed by atoms with E-state index in [1.807, 2.05) is 6.92 Å². The largest absolute Gasteiger partial charge is 0.678 e. The highest BCUT2D eigenvalue weighted by molar-refractivity contribution is 6.53. The smallest absolute Gasteiger partial charge is 0.379 e. The molecule has 0 fully saturated rings. The molecule has 0 aliphatic carbocycles. The van der Waals surface area contributed by atoms with Crippen molar-refractivity contribution < 1.29 is 27.2 Å². The van der Waals surface area contributed by atoms with E-state index >= 15 is 0 Å². The Morgan fingerprint density at radius 2 is 1.25 bits per heavy atom. The Hall–Kier alpha value is -0.0231. The molecule has 0 aliphatic heterocycles. The van der Waals surface area contributed by atoms with Gasteiger partial charge in [0.05, 0.1) is 26.4 Å². The highest BCUT2D eigenvalue weighted by Crippen LogP contribution is 2.07. The zero-order chi connectivity index (χ0) is 12.3. The Bertz CT molecular complexity index is 145. The molecule has 0 saturated heterocycles. The van der Waals surface area contributed by atoms with E-state index < -0.39 is 9.05 Å². The number of rotatable bonds is 11. The van der Waals surface area contributed by atoms with Crippen molar-refractivity contribution in [2.75, 3.05) is 54.4 Å². The van der Waals surface area contributed by atoms with Gasteiger partial charge in [-0.25, -0.2) is 0 Å². The van der Waals surface area contributed by atoms with Gasteiger partial charge in [0.15, 0.2) is 0 Å². The fraction of sp³-hybridized carbons (Fsp3) is 1.00. The molecule has 16 heavy (non-hydrogen) atoms. The van der Waals surface area contributed by atoms with Gasteiger partial charge in [0.1, 0.15) is 0 Å². The van der Waals surface area contributed by atoms with Crippen molar-refractivity contribution in [1.29, 1.82) is 0 Å². The van der Waals surface area contributed by atoms with E-state index in [1.54, 1.807) is 0 Å². The van der Waals surface area contributed by atoms with E-state index in [2.05, 4.69) is 0 Å². The van der Waals surface area contributed by atoms with Gasteiger partial charge in [0.2, 0.25) is 0 Å². The van der Waals surface area contributed by atoms with Crippen molar-refractivity contribution in [3.63, 3.8) is 0 Å². The van der Waals surface area contributed by atoms with E-state index in [4.69, 9.17) is 27.2 Å². The van der Waals surface area contributed by atoms with Crippen LogP contribution in [0.5, 0.6) is 0 Å². The average Bonchev–Trinajstić information content (AvgIpc) is 2.34. The Kier molecular flexibility index (Phi) is 10.1. The van der Waals surface area contributed by atoms with Crippen molar-refractivity contribution in [1.82, 2.24) is 0 Å². The maximum atomic E-state index is 5.39. The van der Waals surface area contributed by atoms with E-state index in [0.717, 1.165) is 0 Å². The maximum Gasteiger partial charge on any atom is 0.678 e. The van der Waals surface area contributed by atoms with Crippen LogP contribution < -0.4 is 0 Å². The first-order valence-corrected chi connectivity index (χ1v) is 6.82. The molecule has 0 aromatic carbocycles. The highest BCUT2D eigenvalue weighted by atomic mass is 28.4. The molecule has 0 unspecified atom stereocenters. The van der Waals surface area contributed by atoms with Gasteiger partial charge in [0.25, 0.3) is 0 Å². The van der Waals surface area contributed by atoms with Crippen LogP contribution in [0, 0.1) is 0 Å². The molecular weight excluding hydrogens is 232 g/mol.